The monoisotopic (exact) mass is 449 g/mol. The van der Waals surface area contributed by atoms with Gasteiger partial charge in [0.25, 0.3) is 5.12 Å². The molecule has 1 aromatic carbocycles. The number of halogens is 1. The molecule has 3 aliphatic rings. The Morgan fingerprint density at radius 1 is 1.23 bits per heavy atom. The number of hydrogen-bond acceptors (Lipinski definition) is 8. The molecule has 0 spiro atoms. The predicted molar refractivity (Wildman–Crippen MR) is 112 cm³/mol. The van der Waals surface area contributed by atoms with Gasteiger partial charge in [-0.05, 0) is 30.0 Å². The van der Waals surface area contributed by atoms with E-state index in [2.05, 4.69) is 10.3 Å². The first-order valence-corrected chi connectivity index (χ1v) is 10.5. The van der Waals surface area contributed by atoms with Gasteiger partial charge in [0.15, 0.2) is 5.17 Å². The van der Waals surface area contributed by atoms with E-state index in [0.29, 0.717) is 42.7 Å². The zero-order chi connectivity index (χ0) is 22.1. The molecule has 164 valence electrons. The third-order valence-corrected chi connectivity index (χ3v) is 6.03. The lowest BCUT2D eigenvalue weighted by atomic mass is 10.2. The maximum absolute atomic E-state index is 14.9. The van der Waals surface area contributed by atoms with Gasteiger partial charge in [0, 0.05) is 33.1 Å². The summed E-state index contributed by atoms with van der Waals surface area (Å²) in [5.74, 6) is -1.44. The first-order chi connectivity index (χ1) is 14.8. The molecule has 3 amide bonds. The Hall–Kier alpha value is -3.15. The normalized spacial score (nSPS) is 21.5. The van der Waals surface area contributed by atoms with Gasteiger partial charge in [-0.3, -0.25) is 19.3 Å². The minimum Gasteiger partial charge on any atom is -0.442 e. The summed E-state index contributed by atoms with van der Waals surface area (Å²) in [5, 5.41) is 2.41. The number of nitrogens with zero attached hydrogens (tertiary/aromatic N) is 4. The second-order valence-corrected chi connectivity index (χ2v) is 8.19. The largest absolute Gasteiger partial charge is 0.442 e. The Balaban J connectivity index is 1.38. The highest BCUT2D eigenvalue weighted by Gasteiger charge is 2.34. The van der Waals surface area contributed by atoms with Crippen molar-refractivity contribution >= 4 is 51.3 Å². The van der Waals surface area contributed by atoms with E-state index in [4.69, 9.17) is 4.74 Å². The number of anilines is 2. The van der Waals surface area contributed by atoms with Gasteiger partial charge in [0.2, 0.25) is 5.91 Å². The molecule has 1 N–H and O–H groups in total. The summed E-state index contributed by atoms with van der Waals surface area (Å²) in [5.41, 5.74) is 0.780. The van der Waals surface area contributed by atoms with Gasteiger partial charge in [0.05, 0.1) is 24.5 Å². The zero-order valence-electron chi connectivity index (χ0n) is 16.7. The number of hydrogen-bond donors (Lipinski definition) is 1. The highest BCUT2D eigenvalue weighted by atomic mass is 32.2. The van der Waals surface area contributed by atoms with E-state index in [0.717, 1.165) is 11.8 Å². The highest BCUT2D eigenvalue weighted by molar-refractivity contribution is 8.28. The molecule has 1 atom stereocenters. The highest BCUT2D eigenvalue weighted by Crippen LogP contribution is 2.29. The third-order valence-electron chi connectivity index (χ3n) is 5.14. The van der Waals surface area contributed by atoms with Crippen LogP contribution in [0.4, 0.5) is 20.6 Å². The SMILES string of the molecule is CC(=O)NC[C@H]1CN(c2ccc(N3CCN(C4=NC(=O)C(=O)S4)CC3)c(F)c2)C(=O)O1. The summed E-state index contributed by atoms with van der Waals surface area (Å²) < 4.78 is 20.1. The number of rotatable bonds is 4. The van der Waals surface area contributed by atoms with E-state index in [9.17, 15) is 23.6 Å². The van der Waals surface area contributed by atoms with Crippen molar-refractivity contribution in [3.63, 3.8) is 0 Å². The standard InChI is InChI=1S/C19H20FN5O5S/c1-11(26)21-9-13-10-25(19(29)30-13)12-2-3-15(14(20)8-12)23-4-6-24(7-5-23)18-22-16(27)17(28)31-18/h2-3,8,13H,4-7,9-10H2,1H3,(H,21,26)/t13-/m0/s1. The Morgan fingerprint density at radius 2 is 1.94 bits per heavy atom. The minimum absolute atomic E-state index is 0.198. The number of amidine groups is 1. The fourth-order valence-corrected chi connectivity index (χ4v) is 4.31. The molecule has 3 aliphatic heterocycles. The minimum atomic E-state index is -0.746. The van der Waals surface area contributed by atoms with Crippen molar-refractivity contribution in [3.8, 4) is 0 Å². The van der Waals surface area contributed by atoms with Crippen LogP contribution in [0.1, 0.15) is 6.92 Å². The van der Waals surface area contributed by atoms with E-state index < -0.39 is 29.0 Å². The van der Waals surface area contributed by atoms with Crippen LogP contribution in [0.25, 0.3) is 0 Å². The summed E-state index contributed by atoms with van der Waals surface area (Å²) in [7, 11) is 0. The smallest absolute Gasteiger partial charge is 0.414 e. The van der Waals surface area contributed by atoms with Crippen molar-refractivity contribution in [1.29, 1.82) is 0 Å². The van der Waals surface area contributed by atoms with Gasteiger partial charge in [0.1, 0.15) is 11.9 Å². The van der Waals surface area contributed by atoms with E-state index >= 15 is 0 Å². The molecule has 2 fully saturated rings. The van der Waals surface area contributed by atoms with Crippen LogP contribution in [-0.2, 0) is 19.1 Å². The maximum atomic E-state index is 14.9. The molecule has 3 heterocycles. The molecule has 12 heteroatoms. The van der Waals surface area contributed by atoms with Crippen molar-refractivity contribution < 1.29 is 28.3 Å². The first-order valence-electron chi connectivity index (χ1n) is 9.68. The fraction of sp³-hybridized carbons (Fsp3) is 0.421. The lowest BCUT2D eigenvalue weighted by Crippen LogP contribution is -2.48. The lowest BCUT2D eigenvalue weighted by molar-refractivity contribution is -0.130. The average molecular weight is 449 g/mol. The van der Waals surface area contributed by atoms with Crippen molar-refractivity contribution in [2.75, 3.05) is 49.1 Å². The number of carbonyl (C=O) groups is 4. The number of benzene rings is 1. The Morgan fingerprint density at radius 3 is 2.55 bits per heavy atom. The summed E-state index contributed by atoms with van der Waals surface area (Å²) in [6.07, 6.45) is -1.09. The van der Waals surface area contributed by atoms with Crippen LogP contribution in [0.5, 0.6) is 0 Å². The van der Waals surface area contributed by atoms with Crippen molar-refractivity contribution in [1.82, 2.24) is 10.2 Å². The number of ether oxygens (including phenoxy) is 1. The molecule has 1 aromatic rings. The number of thioether (sulfide) groups is 1. The molecule has 0 aromatic heterocycles. The van der Waals surface area contributed by atoms with Crippen LogP contribution in [0, 0.1) is 5.82 Å². The molecule has 0 aliphatic carbocycles. The van der Waals surface area contributed by atoms with Gasteiger partial charge in [-0.25, -0.2) is 9.18 Å². The molecule has 0 bridgehead atoms. The van der Waals surface area contributed by atoms with Gasteiger partial charge < -0.3 is 19.9 Å². The maximum Gasteiger partial charge on any atom is 0.414 e. The van der Waals surface area contributed by atoms with Crippen LogP contribution < -0.4 is 15.1 Å². The molecule has 4 rings (SSSR count). The van der Waals surface area contributed by atoms with E-state index in [-0.39, 0.29) is 19.0 Å². The molecular weight excluding hydrogens is 429 g/mol. The Bertz CT molecular complexity index is 978. The quantitative estimate of drug-likeness (QED) is 0.664. The molecule has 2 saturated heterocycles. The molecule has 31 heavy (non-hydrogen) atoms. The number of amides is 3. The fourth-order valence-electron chi connectivity index (χ4n) is 3.57. The van der Waals surface area contributed by atoms with Crippen molar-refractivity contribution in [2.24, 2.45) is 4.99 Å². The molecule has 0 saturated carbocycles. The van der Waals surface area contributed by atoms with Crippen LogP contribution >= 0.6 is 11.8 Å². The van der Waals surface area contributed by atoms with Gasteiger partial charge in [-0.2, -0.15) is 4.99 Å². The summed E-state index contributed by atoms with van der Waals surface area (Å²) >= 11 is 0.824. The average Bonchev–Trinajstić information content (AvgIpc) is 3.28. The Kier molecular flexibility index (Phi) is 5.81. The lowest BCUT2D eigenvalue weighted by Gasteiger charge is -2.36. The summed E-state index contributed by atoms with van der Waals surface area (Å²) in [6.45, 7) is 3.76. The number of nitrogens with one attached hydrogen (secondary N) is 1. The van der Waals surface area contributed by atoms with Gasteiger partial charge in [-0.15, -0.1) is 0 Å². The Labute approximate surface area is 181 Å². The number of cyclic esters (lactones) is 1. The molecule has 10 nitrogen and oxygen atoms in total. The number of carbonyl (C=O) groups excluding carboxylic acids is 4. The van der Waals surface area contributed by atoms with Crippen molar-refractivity contribution in [3.05, 3.63) is 24.0 Å². The first kappa shape index (κ1) is 21.1. The van der Waals surface area contributed by atoms with E-state index in [1.165, 1.54) is 17.9 Å². The number of piperazine rings is 1. The van der Waals surface area contributed by atoms with E-state index in [1.807, 2.05) is 9.80 Å². The van der Waals surface area contributed by atoms with Gasteiger partial charge in [-0.1, -0.05) is 0 Å². The topological polar surface area (TPSA) is 112 Å². The van der Waals surface area contributed by atoms with Crippen LogP contribution in [0.15, 0.2) is 23.2 Å². The summed E-state index contributed by atoms with van der Waals surface area (Å²) in [4.78, 5) is 54.6. The molecular formula is C19H20FN5O5S. The van der Waals surface area contributed by atoms with E-state index in [1.54, 1.807) is 12.1 Å². The van der Waals surface area contributed by atoms with Crippen LogP contribution in [0.3, 0.4) is 0 Å². The predicted octanol–water partition coefficient (Wildman–Crippen LogP) is 0.565. The third kappa shape index (κ3) is 4.48. The number of aliphatic imine (C=N–C) groups is 1. The van der Waals surface area contributed by atoms with Crippen LogP contribution in [0.2, 0.25) is 0 Å². The second kappa shape index (κ2) is 8.53. The molecule has 0 radical (unpaired) electrons. The van der Waals surface area contributed by atoms with Gasteiger partial charge >= 0.3 is 12.0 Å². The zero-order valence-corrected chi connectivity index (χ0v) is 17.5. The van der Waals surface area contributed by atoms with Crippen LogP contribution in [-0.4, -0.2) is 78.5 Å². The summed E-state index contributed by atoms with van der Waals surface area (Å²) in [6, 6.07) is 4.56. The van der Waals surface area contributed by atoms with Crippen molar-refractivity contribution in [2.45, 2.75) is 13.0 Å². The molecule has 0 unspecified atom stereocenters. The second-order valence-electron chi connectivity index (χ2n) is 7.25.